The number of ether oxygens (including phenoxy) is 1. The molecule has 0 spiro atoms. The lowest BCUT2D eigenvalue weighted by Crippen LogP contribution is -2.56. The van der Waals surface area contributed by atoms with E-state index in [2.05, 4.69) is 11.6 Å². The molecule has 4 aliphatic rings. The maximum atomic E-state index is 13.0. The molecule has 0 radical (unpaired) electrons. The summed E-state index contributed by atoms with van der Waals surface area (Å²) in [5.41, 5.74) is 0.182. The Labute approximate surface area is 157 Å². The Morgan fingerprint density at radius 2 is 1.58 bits per heavy atom. The van der Waals surface area contributed by atoms with Crippen LogP contribution in [-0.4, -0.2) is 21.1 Å². The molecule has 4 bridgehead atoms. The van der Waals surface area contributed by atoms with Crippen LogP contribution in [-0.2, 0) is 10.0 Å². The Bertz CT molecular complexity index is 706. The molecule has 1 aromatic rings. The second-order valence-corrected chi connectivity index (χ2v) is 10.5. The van der Waals surface area contributed by atoms with Crippen LogP contribution in [0.25, 0.3) is 0 Å². The number of hydrogen-bond donors (Lipinski definition) is 1. The zero-order valence-electron chi connectivity index (χ0n) is 15.9. The topological polar surface area (TPSA) is 55.4 Å². The minimum absolute atomic E-state index is 0.0486. The average molecular weight is 378 g/mol. The van der Waals surface area contributed by atoms with E-state index in [0.717, 1.165) is 24.2 Å². The molecule has 4 fully saturated rings. The second-order valence-electron chi connectivity index (χ2n) is 8.77. The molecule has 144 valence electrons. The van der Waals surface area contributed by atoms with Crippen LogP contribution >= 0.6 is 0 Å². The average Bonchev–Trinajstić information content (AvgIpc) is 2.59. The van der Waals surface area contributed by atoms with Crippen LogP contribution in [0, 0.1) is 23.2 Å². The predicted molar refractivity (Wildman–Crippen MR) is 103 cm³/mol. The van der Waals surface area contributed by atoms with Gasteiger partial charge < -0.3 is 4.74 Å². The van der Waals surface area contributed by atoms with Crippen LogP contribution in [0.5, 0.6) is 5.75 Å². The van der Waals surface area contributed by atoms with Gasteiger partial charge in [0, 0.05) is 6.04 Å². The number of benzene rings is 1. The van der Waals surface area contributed by atoms with Gasteiger partial charge in [-0.2, -0.15) is 0 Å². The van der Waals surface area contributed by atoms with Gasteiger partial charge in [0.1, 0.15) is 5.75 Å². The van der Waals surface area contributed by atoms with Gasteiger partial charge in [-0.1, -0.05) is 6.92 Å². The van der Waals surface area contributed by atoms with Gasteiger partial charge in [0.15, 0.2) is 0 Å². The van der Waals surface area contributed by atoms with Crippen LogP contribution in [0.4, 0.5) is 0 Å². The molecule has 1 unspecified atom stereocenters. The van der Waals surface area contributed by atoms with Crippen molar-refractivity contribution in [2.24, 2.45) is 23.2 Å². The molecule has 0 aromatic heterocycles. The maximum absolute atomic E-state index is 13.0. The van der Waals surface area contributed by atoms with Crippen LogP contribution in [0.2, 0.25) is 0 Å². The molecule has 4 saturated carbocycles. The highest BCUT2D eigenvalue weighted by Crippen LogP contribution is 2.61. The van der Waals surface area contributed by atoms with Crippen LogP contribution in [0.3, 0.4) is 0 Å². The molecular weight excluding hydrogens is 346 g/mol. The Kier molecular flexibility index (Phi) is 4.81. The molecule has 0 aliphatic heterocycles. The quantitative estimate of drug-likeness (QED) is 0.768. The summed E-state index contributed by atoms with van der Waals surface area (Å²) in [4.78, 5) is 0.337. The molecule has 1 N–H and O–H groups in total. The minimum atomic E-state index is -3.50. The van der Waals surface area contributed by atoms with Crippen LogP contribution in [0.15, 0.2) is 29.2 Å². The molecule has 5 rings (SSSR count). The first kappa shape index (κ1) is 18.3. The zero-order valence-corrected chi connectivity index (χ0v) is 16.7. The molecule has 0 amide bonds. The first-order valence-electron chi connectivity index (χ1n) is 10.2. The van der Waals surface area contributed by atoms with Gasteiger partial charge in [-0.05, 0) is 99.3 Å². The standard InChI is InChI=1S/C21H31NO3S/c1-3-20(21-12-15-9-16(13-21)11-17(10-15)14-21)22-26(23,24)19-7-5-18(6-8-19)25-4-2/h5-8,15-17,20,22H,3-4,9-14H2,1-2H3. The maximum Gasteiger partial charge on any atom is 0.240 e. The lowest BCUT2D eigenvalue weighted by Gasteiger charge is -2.59. The Hall–Kier alpha value is -1.07. The van der Waals surface area contributed by atoms with E-state index < -0.39 is 10.0 Å². The smallest absolute Gasteiger partial charge is 0.240 e. The minimum Gasteiger partial charge on any atom is -0.494 e. The van der Waals surface area contributed by atoms with E-state index in [1.807, 2.05) is 6.92 Å². The molecule has 4 nitrogen and oxygen atoms in total. The molecule has 26 heavy (non-hydrogen) atoms. The SMILES string of the molecule is CCOc1ccc(S(=O)(=O)NC(CC)C23CC4CC(CC(C4)C2)C3)cc1. The second kappa shape index (κ2) is 6.83. The summed E-state index contributed by atoms with van der Waals surface area (Å²) < 4.78 is 34.5. The first-order valence-corrected chi connectivity index (χ1v) is 11.7. The van der Waals surface area contributed by atoms with E-state index in [-0.39, 0.29) is 11.5 Å². The van der Waals surface area contributed by atoms with Crippen molar-refractivity contribution in [1.82, 2.24) is 4.72 Å². The van der Waals surface area contributed by atoms with Crippen molar-refractivity contribution in [2.45, 2.75) is 69.7 Å². The van der Waals surface area contributed by atoms with Gasteiger partial charge in [-0.15, -0.1) is 0 Å². The fourth-order valence-corrected chi connectivity index (χ4v) is 7.80. The van der Waals surface area contributed by atoms with Crippen molar-refractivity contribution in [1.29, 1.82) is 0 Å². The number of nitrogens with one attached hydrogen (secondary N) is 1. The van der Waals surface area contributed by atoms with E-state index in [9.17, 15) is 8.42 Å². The Morgan fingerprint density at radius 3 is 2.04 bits per heavy atom. The Morgan fingerprint density at radius 1 is 1.04 bits per heavy atom. The summed E-state index contributed by atoms with van der Waals surface area (Å²) in [5.74, 6) is 3.18. The third-order valence-electron chi connectivity index (χ3n) is 6.98. The third kappa shape index (κ3) is 3.29. The number of rotatable bonds is 7. The van der Waals surface area contributed by atoms with Crippen molar-refractivity contribution in [3.8, 4) is 5.75 Å². The molecule has 1 aromatic carbocycles. The van der Waals surface area contributed by atoms with Gasteiger partial charge in [0.2, 0.25) is 10.0 Å². The summed E-state index contributed by atoms with van der Waals surface area (Å²) in [6, 6.07) is 6.83. The molecule has 0 heterocycles. The van der Waals surface area contributed by atoms with Gasteiger partial charge >= 0.3 is 0 Å². The van der Waals surface area contributed by atoms with Crippen molar-refractivity contribution in [3.05, 3.63) is 24.3 Å². The molecule has 5 heteroatoms. The summed E-state index contributed by atoms with van der Waals surface area (Å²) in [6.45, 7) is 4.63. The van der Waals surface area contributed by atoms with E-state index >= 15 is 0 Å². The lowest BCUT2D eigenvalue weighted by atomic mass is 9.47. The van der Waals surface area contributed by atoms with Crippen molar-refractivity contribution in [2.75, 3.05) is 6.61 Å². The number of hydrogen-bond acceptors (Lipinski definition) is 3. The van der Waals surface area contributed by atoms with Gasteiger partial charge in [0.05, 0.1) is 11.5 Å². The molecule has 0 saturated heterocycles. The fraction of sp³-hybridized carbons (Fsp3) is 0.714. The van der Waals surface area contributed by atoms with E-state index in [0.29, 0.717) is 17.3 Å². The highest BCUT2D eigenvalue weighted by molar-refractivity contribution is 7.89. The Balaban J connectivity index is 1.54. The van der Waals surface area contributed by atoms with Gasteiger partial charge in [0.25, 0.3) is 0 Å². The summed E-state index contributed by atoms with van der Waals surface area (Å²) in [5, 5.41) is 0. The largest absolute Gasteiger partial charge is 0.494 e. The van der Waals surface area contributed by atoms with Crippen molar-refractivity contribution in [3.63, 3.8) is 0 Å². The zero-order chi connectivity index (χ0) is 18.4. The molecular formula is C21H31NO3S. The van der Waals surface area contributed by atoms with Gasteiger partial charge in [-0.3, -0.25) is 0 Å². The van der Waals surface area contributed by atoms with Gasteiger partial charge in [-0.25, -0.2) is 13.1 Å². The van der Waals surface area contributed by atoms with Crippen molar-refractivity contribution < 1.29 is 13.2 Å². The summed E-state index contributed by atoms with van der Waals surface area (Å²) in [6.07, 6.45) is 8.63. The molecule has 1 atom stereocenters. The van der Waals surface area contributed by atoms with Crippen molar-refractivity contribution >= 4 is 10.0 Å². The highest BCUT2D eigenvalue weighted by atomic mass is 32.2. The van der Waals surface area contributed by atoms with E-state index in [4.69, 9.17) is 4.74 Å². The van der Waals surface area contributed by atoms with E-state index in [1.54, 1.807) is 24.3 Å². The first-order chi connectivity index (χ1) is 12.4. The number of sulfonamides is 1. The molecule has 4 aliphatic carbocycles. The monoisotopic (exact) mass is 377 g/mol. The lowest BCUT2D eigenvalue weighted by molar-refractivity contribution is -0.0704. The van der Waals surface area contributed by atoms with Crippen LogP contribution < -0.4 is 9.46 Å². The highest BCUT2D eigenvalue weighted by Gasteiger charge is 2.54. The summed E-state index contributed by atoms with van der Waals surface area (Å²) >= 11 is 0. The summed E-state index contributed by atoms with van der Waals surface area (Å²) in [7, 11) is -3.50. The third-order valence-corrected chi connectivity index (χ3v) is 8.46. The normalized spacial score (nSPS) is 34.0. The predicted octanol–water partition coefficient (Wildman–Crippen LogP) is 4.36. The van der Waals surface area contributed by atoms with Crippen LogP contribution in [0.1, 0.15) is 58.8 Å². The van der Waals surface area contributed by atoms with E-state index in [1.165, 1.54) is 38.5 Å². The fourth-order valence-electron chi connectivity index (χ4n) is 6.38.